The van der Waals surface area contributed by atoms with Crippen molar-refractivity contribution in [2.24, 2.45) is 0 Å². The molecule has 0 amide bonds. The van der Waals surface area contributed by atoms with Crippen LogP contribution in [0.1, 0.15) is 30.1 Å². The smallest absolute Gasteiger partial charge is 0.109 e. The highest BCUT2D eigenvalue weighted by Gasteiger charge is 2.20. The molecule has 3 rings (SSSR count). The Morgan fingerprint density at radius 3 is 3.07 bits per heavy atom. The second-order valence-electron chi connectivity index (χ2n) is 3.96. The SMILES string of the molecule is C1CCn2c(nc3c2CNCC3)C1.Cl. The number of fused-ring (bicyclic) bond motifs is 3. The van der Waals surface area contributed by atoms with Crippen molar-refractivity contribution in [1.29, 1.82) is 0 Å². The molecule has 1 N–H and O–H groups in total. The second kappa shape index (κ2) is 3.91. The summed E-state index contributed by atoms with van der Waals surface area (Å²) in [5, 5.41) is 3.42. The van der Waals surface area contributed by atoms with Crippen LogP contribution in [-0.2, 0) is 25.9 Å². The third-order valence-corrected chi connectivity index (χ3v) is 3.10. The number of rotatable bonds is 0. The first-order valence-electron chi connectivity index (χ1n) is 5.23. The third-order valence-electron chi connectivity index (χ3n) is 3.10. The molecule has 0 atom stereocenters. The lowest BCUT2D eigenvalue weighted by atomic mass is 10.1. The van der Waals surface area contributed by atoms with Gasteiger partial charge >= 0.3 is 0 Å². The summed E-state index contributed by atoms with van der Waals surface area (Å²) < 4.78 is 2.44. The average molecular weight is 214 g/mol. The first kappa shape index (κ1) is 9.99. The Morgan fingerprint density at radius 1 is 1.21 bits per heavy atom. The summed E-state index contributed by atoms with van der Waals surface area (Å²) in [6.45, 7) is 3.32. The van der Waals surface area contributed by atoms with Gasteiger partial charge in [-0.1, -0.05) is 0 Å². The normalized spacial score (nSPS) is 19.4. The van der Waals surface area contributed by atoms with Crippen molar-refractivity contribution in [1.82, 2.24) is 14.9 Å². The number of hydrogen-bond donors (Lipinski definition) is 1. The molecule has 0 saturated heterocycles. The molecule has 0 aromatic carbocycles. The number of aryl methyl sites for hydroxylation is 1. The number of nitrogens with one attached hydrogen (secondary N) is 1. The number of hydrogen-bond acceptors (Lipinski definition) is 2. The molecule has 4 heteroatoms. The third kappa shape index (κ3) is 1.44. The molecule has 0 radical (unpaired) electrons. The van der Waals surface area contributed by atoms with Gasteiger partial charge in [0.15, 0.2) is 0 Å². The zero-order valence-corrected chi connectivity index (χ0v) is 9.07. The van der Waals surface area contributed by atoms with Crippen LogP contribution in [0, 0.1) is 0 Å². The van der Waals surface area contributed by atoms with Gasteiger partial charge < -0.3 is 9.88 Å². The molecule has 0 spiro atoms. The quantitative estimate of drug-likeness (QED) is 0.704. The van der Waals surface area contributed by atoms with Gasteiger partial charge in [-0.15, -0.1) is 12.4 Å². The molecular weight excluding hydrogens is 198 g/mol. The monoisotopic (exact) mass is 213 g/mol. The van der Waals surface area contributed by atoms with Crippen LogP contribution in [0.2, 0.25) is 0 Å². The fraction of sp³-hybridized carbons (Fsp3) is 0.700. The van der Waals surface area contributed by atoms with E-state index >= 15 is 0 Å². The largest absolute Gasteiger partial charge is 0.331 e. The van der Waals surface area contributed by atoms with E-state index in [0.29, 0.717) is 0 Å². The Hall–Kier alpha value is -0.540. The van der Waals surface area contributed by atoms with Crippen molar-refractivity contribution in [3.05, 3.63) is 17.2 Å². The van der Waals surface area contributed by atoms with Crippen molar-refractivity contribution in [3.63, 3.8) is 0 Å². The highest BCUT2D eigenvalue weighted by Crippen LogP contribution is 2.21. The van der Waals surface area contributed by atoms with Crippen molar-refractivity contribution in [2.45, 2.75) is 38.8 Å². The maximum Gasteiger partial charge on any atom is 0.109 e. The number of nitrogens with zero attached hydrogens (tertiary/aromatic N) is 2. The summed E-state index contributed by atoms with van der Waals surface area (Å²) >= 11 is 0. The molecule has 1 aromatic rings. The van der Waals surface area contributed by atoms with Crippen LogP contribution in [-0.4, -0.2) is 16.1 Å². The molecule has 0 unspecified atom stereocenters. The Morgan fingerprint density at radius 2 is 2.14 bits per heavy atom. The van der Waals surface area contributed by atoms with Crippen molar-refractivity contribution in [3.8, 4) is 0 Å². The summed E-state index contributed by atoms with van der Waals surface area (Å²) in [6, 6.07) is 0. The van der Waals surface area contributed by atoms with E-state index in [1.54, 1.807) is 0 Å². The fourth-order valence-electron chi connectivity index (χ4n) is 2.41. The Kier molecular flexibility index (Phi) is 2.79. The predicted molar refractivity (Wildman–Crippen MR) is 57.8 cm³/mol. The lowest BCUT2D eigenvalue weighted by Gasteiger charge is -2.18. The van der Waals surface area contributed by atoms with E-state index in [-0.39, 0.29) is 12.4 Å². The van der Waals surface area contributed by atoms with E-state index in [4.69, 9.17) is 4.98 Å². The van der Waals surface area contributed by atoms with Crippen LogP contribution in [0.3, 0.4) is 0 Å². The van der Waals surface area contributed by atoms with Crippen LogP contribution < -0.4 is 5.32 Å². The maximum absolute atomic E-state index is 4.71. The van der Waals surface area contributed by atoms with E-state index in [1.807, 2.05) is 0 Å². The Balaban J connectivity index is 0.000000750. The molecule has 0 saturated carbocycles. The molecule has 3 nitrogen and oxygen atoms in total. The van der Waals surface area contributed by atoms with Crippen LogP contribution in [0.5, 0.6) is 0 Å². The summed E-state index contributed by atoms with van der Waals surface area (Å²) in [6.07, 6.45) is 4.96. The minimum Gasteiger partial charge on any atom is -0.331 e. The van der Waals surface area contributed by atoms with Crippen LogP contribution in [0.25, 0.3) is 0 Å². The molecule has 1 aromatic heterocycles. The first-order valence-corrected chi connectivity index (χ1v) is 5.23. The van der Waals surface area contributed by atoms with Gasteiger partial charge in [-0.25, -0.2) is 4.98 Å². The summed E-state index contributed by atoms with van der Waals surface area (Å²) in [5.41, 5.74) is 2.82. The van der Waals surface area contributed by atoms with Gasteiger partial charge in [0.05, 0.1) is 11.4 Å². The van der Waals surface area contributed by atoms with Gasteiger partial charge in [-0.05, 0) is 12.8 Å². The van der Waals surface area contributed by atoms with Crippen molar-refractivity contribution >= 4 is 12.4 Å². The molecule has 0 aliphatic carbocycles. The lowest BCUT2D eigenvalue weighted by molar-refractivity contribution is 0.495. The molecule has 2 aliphatic rings. The van der Waals surface area contributed by atoms with E-state index < -0.39 is 0 Å². The Bertz CT molecular complexity index is 302. The van der Waals surface area contributed by atoms with E-state index in [1.165, 1.54) is 43.0 Å². The van der Waals surface area contributed by atoms with E-state index in [2.05, 4.69) is 9.88 Å². The van der Waals surface area contributed by atoms with Crippen molar-refractivity contribution < 1.29 is 0 Å². The summed E-state index contributed by atoms with van der Waals surface area (Å²) in [5.74, 6) is 1.33. The highest BCUT2D eigenvalue weighted by atomic mass is 35.5. The molecular formula is C10H16ClN3. The molecule has 0 bridgehead atoms. The molecule has 14 heavy (non-hydrogen) atoms. The zero-order chi connectivity index (χ0) is 8.67. The highest BCUT2D eigenvalue weighted by molar-refractivity contribution is 5.85. The molecule has 0 fully saturated rings. The summed E-state index contributed by atoms with van der Waals surface area (Å²) in [7, 11) is 0. The van der Waals surface area contributed by atoms with E-state index in [0.717, 1.165) is 19.5 Å². The van der Waals surface area contributed by atoms with Crippen LogP contribution in [0.4, 0.5) is 0 Å². The minimum atomic E-state index is 0. The standard InChI is InChI=1S/C10H15N3.ClH/c1-2-6-13-9-7-11-5-4-8(9)12-10(13)3-1;/h11H,1-7H2;1H. The van der Waals surface area contributed by atoms with Gasteiger partial charge in [-0.3, -0.25) is 0 Å². The van der Waals surface area contributed by atoms with Gasteiger partial charge in [0.1, 0.15) is 5.82 Å². The zero-order valence-electron chi connectivity index (χ0n) is 8.25. The van der Waals surface area contributed by atoms with E-state index in [9.17, 15) is 0 Å². The lowest BCUT2D eigenvalue weighted by Crippen LogP contribution is -2.26. The van der Waals surface area contributed by atoms with Crippen molar-refractivity contribution in [2.75, 3.05) is 6.54 Å². The first-order chi connectivity index (χ1) is 6.45. The van der Waals surface area contributed by atoms with Crippen LogP contribution in [0.15, 0.2) is 0 Å². The van der Waals surface area contributed by atoms with Gasteiger partial charge in [-0.2, -0.15) is 0 Å². The van der Waals surface area contributed by atoms with Crippen LogP contribution >= 0.6 is 12.4 Å². The number of imidazole rings is 1. The Labute approximate surface area is 90.3 Å². The predicted octanol–water partition coefficient (Wildman–Crippen LogP) is 1.29. The van der Waals surface area contributed by atoms with Gasteiger partial charge in [0.25, 0.3) is 0 Å². The number of aromatic nitrogens is 2. The van der Waals surface area contributed by atoms with Gasteiger partial charge in [0, 0.05) is 32.5 Å². The molecule has 2 aliphatic heterocycles. The number of halogens is 1. The minimum absolute atomic E-state index is 0. The fourth-order valence-corrected chi connectivity index (χ4v) is 2.41. The van der Waals surface area contributed by atoms with Gasteiger partial charge in [0.2, 0.25) is 0 Å². The molecule has 3 heterocycles. The maximum atomic E-state index is 4.71. The average Bonchev–Trinajstić information content (AvgIpc) is 2.56. The second-order valence-corrected chi connectivity index (χ2v) is 3.96. The topological polar surface area (TPSA) is 29.9 Å². The summed E-state index contributed by atoms with van der Waals surface area (Å²) in [4.78, 5) is 4.71. The molecule has 78 valence electrons.